The number of Topliss-reactive ketones (excluding diaryl/α,β-unsaturated/α-hetero) is 1. The lowest BCUT2D eigenvalue weighted by Crippen LogP contribution is -2.49. The zero-order valence-corrected chi connectivity index (χ0v) is 16.1. The fraction of sp³-hybridized carbons (Fsp3) is 0.381. The molecule has 3 rings (SSSR count). The van der Waals surface area contributed by atoms with Crippen molar-refractivity contribution in [1.82, 2.24) is 14.8 Å². The predicted octanol–water partition coefficient (Wildman–Crippen LogP) is 3.08. The summed E-state index contributed by atoms with van der Waals surface area (Å²) in [6, 6.07) is 10.9. The van der Waals surface area contributed by atoms with Crippen LogP contribution in [0.5, 0.6) is 0 Å². The number of halogens is 1. The van der Waals surface area contributed by atoms with Gasteiger partial charge in [0.05, 0.1) is 6.54 Å². The monoisotopic (exact) mass is 385 g/mol. The van der Waals surface area contributed by atoms with E-state index in [4.69, 9.17) is 11.6 Å². The van der Waals surface area contributed by atoms with Crippen LogP contribution < -0.4 is 0 Å². The summed E-state index contributed by atoms with van der Waals surface area (Å²) < 4.78 is 0. The summed E-state index contributed by atoms with van der Waals surface area (Å²) in [6.45, 7) is 3.20. The topological polar surface area (TPSA) is 53.5 Å². The molecule has 0 saturated carbocycles. The maximum Gasteiger partial charge on any atom is 0.222 e. The first-order chi connectivity index (χ1) is 13.1. The van der Waals surface area contributed by atoms with Crippen LogP contribution in [0.1, 0.15) is 28.8 Å². The summed E-state index contributed by atoms with van der Waals surface area (Å²) in [5.74, 6) is 0.283. The molecule has 2 heterocycles. The molecule has 0 spiro atoms. The fourth-order valence-electron chi connectivity index (χ4n) is 3.23. The minimum atomic E-state index is 0.0860. The van der Waals surface area contributed by atoms with Gasteiger partial charge in [-0.05, 0) is 48.7 Å². The van der Waals surface area contributed by atoms with Crippen LogP contribution in [0.15, 0.2) is 48.8 Å². The lowest BCUT2D eigenvalue weighted by atomic mass is 10.1. The third kappa shape index (κ3) is 5.88. The van der Waals surface area contributed by atoms with Gasteiger partial charge in [-0.2, -0.15) is 0 Å². The van der Waals surface area contributed by atoms with Crippen molar-refractivity contribution in [3.8, 4) is 0 Å². The molecule has 0 atom stereocenters. The molecule has 1 aliphatic heterocycles. The number of aromatic nitrogens is 1. The van der Waals surface area contributed by atoms with Gasteiger partial charge < -0.3 is 4.90 Å². The SMILES string of the molecule is O=C(CN1CCN(C(=O)CCCc2cccnc2)CC1)c1ccc(Cl)cc1. The van der Waals surface area contributed by atoms with E-state index in [0.717, 1.165) is 31.5 Å². The summed E-state index contributed by atoms with van der Waals surface area (Å²) in [5.41, 5.74) is 1.84. The van der Waals surface area contributed by atoms with Crippen LogP contribution in [0.2, 0.25) is 5.02 Å². The molecule has 0 unspecified atom stereocenters. The number of carbonyl (C=O) groups excluding carboxylic acids is 2. The van der Waals surface area contributed by atoms with E-state index in [1.165, 1.54) is 0 Å². The van der Waals surface area contributed by atoms with Crippen LogP contribution in [0, 0.1) is 0 Å². The highest BCUT2D eigenvalue weighted by molar-refractivity contribution is 6.30. The Morgan fingerprint density at radius 3 is 2.44 bits per heavy atom. The Kier molecular flexibility index (Phi) is 6.96. The molecule has 0 N–H and O–H groups in total. The van der Waals surface area contributed by atoms with E-state index >= 15 is 0 Å². The number of pyridine rings is 1. The van der Waals surface area contributed by atoms with E-state index in [0.29, 0.717) is 36.6 Å². The molecule has 1 aliphatic rings. The van der Waals surface area contributed by atoms with Crippen LogP contribution in [-0.4, -0.2) is 59.2 Å². The Hall–Kier alpha value is -2.24. The highest BCUT2D eigenvalue weighted by atomic mass is 35.5. The average Bonchev–Trinajstić information content (AvgIpc) is 2.70. The molecule has 6 heteroatoms. The van der Waals surface area contributed by atoms with Crippen LogP contribution in [0.3, 0.4) is 0 Å². The number of benzene rings is 1. The van der Waals surface area contributed by atoms with Crippen molar-refractivity contribution in [1.29, 1.82) is 0 Å². The van der Waals surface area contributed by atoms with Gasteiger partial charge >= 0.3 is 0 Å². The lowest BCUT2D eigenvalue weighted by Gasteiger charge is -2.34. The van der Waals surface area contributed by atoms with E-state index in [1.807, 2.05) is 23.2 Å². The van der Waals surface area contributed by atoms with Crippen LogP contribution in [-0.2, 0) is 11.2 Å². The van der Waals surface area contributed by atoms with Gasteiger partial charge in [0.1, 0.15) is 0 Å². The molecule has 1 aromatic carbocycles. The number of amides is 1. The number of piperazine rings is 1. The van der Waals surface area contributed by atoms with E-state index in [2.05, 4.69) is 9.88 Å². The quantitative estimate of drug-likeness (QED) is 0.687. The highest BCUT2D eigenvalue weighted by Gasteiger charge is 2.22. The summed E-state index contributed by atoms with van der Waals surface area (Å²) in [7, 11) is 0. The minimum absolute atomic E-state index is 0.0860. The van der Waals surface area contributed by atoms with Gasteiger partial charge in [0.15, 0.2) is 5.78 Å². The van der Waals surface area contributed by atoms with Gasteiger partial charge in [-0.3, -0.25) is 19.5 Å². The number of rotatable bonds is 7. The molecule has 0 aliphatic carbocycles. The molecule has 1 aromatic heterocycles. The van der Waals surface area contributed by atoms with Crippen molar-refractivity contribution in [2.45, 2.75) is 19.3 Å². The van der Waals surface area contributed by atoms with Gasteiger partial charge in [-0.25, -0.2) is 0 Å². The molecule has 0 radical (unpaired) electrons. The average molecular weight is 386 g/mol. The molecule has 1 amide bonds. The zero-order valence-electron chi connectivity index (χ0n) is 15.3. The summed E-state index contributed by atoms with van der Waals surface area (Å²) >= 11 is 5.86. The summed E-state index contributed by atoms with van der Waals surface area (Å²) in [6.07, 6.45) is 5.86. The van der Waals surface area contributed by atoms with Crippen molar-refractivity contribution in [2.75, 3.05) is 32.7 Å². The van der Waals surface area contributed by atoms with Crippen molar-refractivity contribution in [3.63, 3.8) is 0 Å². The predicted molar refractivity (Wildman–Crippen MR) is 106 cm³/mol. The summed E-state index contributed by atoms with van der Waals surface area (Å²) in [4.78, 5) is 32.8. The molecule has 27 heavy (non-hydrogen) atoms. The maximum absolute atomic E-state index is 12.4. The first-order valence-electron chi connectivity index (χ1n) is 9.29. The highest BCUT2D eigenvalue weighted by Crippen LogP contribution is 2.12. The van der Waals surface area contributed by atoms with Gasteiger partial charge in [-0.1, -0.05) is 17.7 Å². The second-order valence-corrected chi connectivity index (χ2v) is 7.24. The Morgan fingerprint density at radius 1 is 1.04 bits per heavy atom. The first kappa shape index (κ1) is 19.5. The standard InChI is InChI=1S/C21H24ClN3O2/c22-19-8-6-18(7-9-19)20(26)16-24-11-13-25(14-12-24)21(27)5-1-3-17-4-2-10-23-15-17/h2,4,6-10,15H,1,3,5,11-14,16H2. The molecule has 1 saturated heterocycles. The first-order valence-corrected chi connectivity index (χ1v) is 9.67. The third-order valence-electron chi connectivity index (χ3n) is 4.84. The van der Waals surface area contributed by atoms with Crippen molar-refractivity contribution in [2.24, 2.45) is 0 Å². The summed E-state index contributed by atoms with van der Waals surface area (Å²) in [5, 5.41) is 0.627. The van der Waals surface area contributed by atoms with Crippen molar-refractivity contribution < 1.29 is 9.59 Å². The van der Waals surface area contributed by atoms with Crippen LogP contribution >= 0.6 is 11.6 Å². The zero-order chi connectivity index (χ0) is 19.1. The van der Waals surface area contributed by atoms with Crippen LogP contribution in [0.25, 0.3) is 0 Å². The Balaban J connectivity index is 1.38. The van der Waals surface area contributed by atoms with E-state index in [-0.39, 0.29) is 11.7 Å². The van der Waals surface area contributed by atoms with Crippen LogP contribution in [0.4, 0.5) is 0 Å². The van der Waals surface area contributed by atoms with Crippen molar-refractivity contribution in [3.05, 3.63) is 64.9 Å². The number of nitrogens with zero attached hydrogens (tertiary/aromatic N) is 3. The number of ketones is 1. The smallest absolute Gasteiger partial charge is 0.222 e. The van der Waals surface area contributed by atoms with Crippen molar-refractivity contribution >= 4 is 23.3 Å². The Bertz CT molecular complexity index is 757. The minimum Gasteiger partial charge on any atom is -0.340 e. The number of carbonyl (C=O) groups is 2. The molecule has 5 nitrogen and oxygen atoms in total. The molecular formula is C21H24ClN3O2. The molecular weight excluding hydrogens is 362 g/mol. The van der Waals surface area contributed by atoms with E-state index in [9.17, 15) is 9.59 Å². The molecule has 1 fully saturated rings. The molecule has 2 aromatic rings. The van der Waals surface area contributed by atoms with E-state index < -0.39 is 0 Å². The largest absolute Gasteiger partial charge is 0.340 e. The second kappa shape index (κ2) is 9.62. The van der Waals surface area contributed by atoms with E-state index in [1.54, 1.807) is 30.5 Å². The second-order valence-electron chi connectivity index (χ2n) is 6.80. The normalized spacial score (nSPS) is 14.9. The van der Waals surface area contributed by atoms with Gasteiger partial charge in [0.2, 0.25) is 5.91 Å². The Morgan fingerprint density at radius 2 is 1.78 bits per heavy atom. The molecule has 0 bridgehead atoms. The van der Waals surface area contributed by atoms with Gasteiger partial charge in [-0.15, -0.1) is 0 Å². The fourth-order valence-corrected chi connectivity index (χ4v) is 3.36. The Labute approximate surface area is 164 Å². The third-order valence-corrected chi connectivity index (χ3v) is 5.09. The lowest BCUT2D eigenvalue weighted by molar-refractivity contribution is -0.132. The number of aryl methyl sites for hydroxylation is 1. The number of hydrogen-bond acceptors (Lipinski definition) is 4. The van der Waals surface area contributed by atoms with Gasteiger partial charge in [0, 0.05) is 55.6 Å². The maximum atomic E-state index is 12.4. The molecule has 142 valence electrons. The van der Waals surface area contributed by atoms with Gasteiger partial charge in [0.25, 0.3) is 0 Å². The number of hydrogen-bond donors (Lipinski definition) is 0.